The fourth-order valence-corrected chi connectivity index (χ4v) is 5.22. The predicted molar refractivity (Wildman–Crippen MR) is 102 cm³/mol. The molecule has 2 nitrogen and oxygen atoms in total. The highest BCUT2D eigenvalue weighted by Gasteiger charge is 2.20. The average molecular weight is 401 g/mol. The van der Waals surface area contributed by atoms with E-state index in [2.05, 4.69) is 28.1 Å². The summed E-state index contributed by atoms with van der Waals surface area (Å²) in [5.41, 5.74) is 3.21. The third-order valence-corrected chi connectivity index (χ3v) is 6.89. The summed E-state index contributed by atoms with van der Waals surface area (Å²) in [6, 6.07) is 26.7. The zero-order valence-corrected chi connectivity index (χ0v) is 15.4. The van der Waals surface area contributed by atoms with Crippen LogP contribution in [-0.2, 0) is 9.84 Å². The molecule has 0 fully saturated rings. The van der Waals surface area contributed by atoms with E-state index in [9.17, 15) is 8.42 Å². The van der Waals surface area contributed by atoms with Gasteiger partial charge in [0.1, 0.15) is 0 Å². The number of hydrogen-bond acceptors (Lipinski definition) is 2. The van der Waals surface area contributed by atoms with Gasteiger partial charge in [-0.3, -0.25) is 0 Å². The molecule has 1 atom stereocenters. The molecule has 0 saturated heterocycles. The smallest absolute Gasteiger partial charge is 0.179 e. The Kier molecular flexibility index (Phi) is 5.17. The molecule has 3 aromatic rings. The van der Waals surface area contributed by atoms with Gasteiger partial charge in [-0.1, -0.05) is 88.7 Å². The number of sulfone groups is 1. The molecular weight excluding hydrogens is 384 g/mol. The normalized spacial score (nSPS) is 12.7. The van der Waals surface area contributed by atoms with E-state index in [1.807, 2.05) is 48.5 Å². The first-order chi connectivity index (χ1) is 11.6. The van der Waals surface area contributed by atoms with Crippen LogP contribution in [0.15, 0.2) is 89.8 Å². The Morgan fingerprint density at radius 2 is 1.21 bits per heavy atom. The SMILES string of the molecule is O=S(=O)(CC(Br)c1ccc(-c2ccccc2)cc1)c1ccccc1. The van der Waals surface area contributed by atoms with Gasteiger partial charge in [-0.2, -0.15) is 0 Å². The minimum atomic E-state index is -3.32. The van der Waals surface area contributed by atoms with E-state index in [-0.39, 0.29) is 10.6 Å². The second kappa shape index (κ2) is 7.32. The van der Waals surface area contributed by atoms with Crippen molar-refractivity contribution >= 4 is 25.8 Å². The topological polar surface area (TPSA) is 34.1 Å². The summed E-state index contributed by atoms with van der Waals surface area (Å²) < 4.78 is 24.9. The summed E-state index contributed by atoms with van der Waals surface area (Å²) in [5, 5.41) is 0. The third kappa shape index (κ3) is 3.94. The lowest BCUT2D eigenvalue weighted by atomic mass is 10.0. The molecular formula is C20H17BrO2S. The van der Waals surface area contributed by atoms with E-state index in [1.54, 1.807) is 24.3 Å². The van der Waals surface area contributed by atoms with Gasteiger partial charge in [0.2, 0.25) is 0 Å². The minimum Gasteiger partial charge on any atom is -0.224 e. The molecule has 0 radical (unpaired) electrons. The van der Waals surface area contributed by atoms with Gasteiger partial charge in [-0.05, 0) is 28.8 Å². The lowest BCUT2D eigenvalue weighted by Crippen LogP contribution is -2.11. The highest BCUT2D eigenvalue weighted by molar-refractivity contribution is 9.09. The van der Waals surface area contributed by atoms with Crippen LogP contribution < -0.4 is 0 Å². The molecule has 0 aliphatic rings. The van der Waals surface area contributed by atoms with Gasteiger partial charge in [0.25, 0.3) is 0 Å². The van der Waals surface area contributed by atoms with E-state index >= 15 is 0 Å². The van der Waals surface area contributed by atoms with E-state index < -0.39 is 9.84 Å². The highest BCUT2D eigenvalue weighted by Crippen LogP contribution is 2.29. The van der Waals surface area contributed by atoms with Crippen LogP contribution in [0, 0.1) is 0 Å². The standard InChI is InChI=1S/C20H17BrO2S/c21-20(15-24(22,23)19-9-5-2-6-10-19)18-13-11-17(12-14-18)16-7-3-1-4-8-16/h1-14,20H,15H2. The molecule has 0 heterocycles. The fourth-order valence-electron chi connectivity index (χ4n) is 2.53. The van der Waals surface area contributed by atoms with Gasteiger partial charge < -0.3 is 0 Å². The van der Waals surface area contributed by atoms with Crippen molar-refractivity contribution in [2.75, 3.05) is 5.75 Å². The second-order valence-corrected chi connectivity index (χ2v) is 8.69. The van der Waals surface area contributed by atoms with Crippen LogP contribution in [0.2, 0.25) is 0 Å². The van der Waals surface area contributed by atoms with Crippen molar-refractivity contribution in [3.8, 4) is 11.1 Å². The Balaban J connectivity index is 1.77. The largest absolute Gasteiger partial charge is 0.224 e. The Labute approximate surface area is 151 Å². The average Bonchev–Trinajstić information content (AvgIpc) is 2.63. The van der Waals surface area contributed by atoms with Crippen LogP contribution in [0.1, 0.15) is 10.4 Å². The molecule has 0 amide bonds. The first-order valence-electron chi connectivity index (χ1n) is 7.63. The molecule has 0 bridgehead atoms. The van der Waals surface area contributed by atoms with Crippen molar-refractivity contribution < 1.29 is 8.42 Å². The van der Waals surface area contributed by atoms with E-state index in [0.717, 1.165) is 16.7 Å². The van der Waals surface area contributed by atoms with Gasteiger partial charge in [0.05, 0.1) is 15.5 Å². The third-order valence-electron chi connectivity index (χ3n) is 3.85. The molecule has 4 heteroatoms. The second-order valence-electron chi connectivity index (χ2n) is 5.55. The van der Waals surface area contributed by atoms with Crippen LogP contribution >= 0.6 is 15.9 Å². The summed E-state index contributed by atoms with van der Waals surface area (Å²) in [5.74, 6) is 0.0295. The molecule has 122 valence electrons. The molecule has 0 spiro atoms. The maximum absolute atomic E-state index is 12.5. The molecule has 24 heavy (non-hydrogen) atoms. The minimum absolute atomic E-state index is 0.0295. The van der Waals surface area contributed by atoms with Crippen molar-refractivity contribution in [2.45, 2.75) is 9.72 Å². The van der Waals surface area contributed by atoms with Gasteiger partial charge in [-0.25, -0.2) is 8.42 Å². The predicted octanol–water partition coefficient (Wildman–Crippen LogP) is 5.26. The lowest BCUT2D eigenvalue weighted by molar-refractivity contribution is 0.595. The maximum Gasteiger partial charge on any atom is 0.179 e. The summed E-state index contributed by atoms with van der Waals surface area (Å²) in [6.07, 6.45) is 0. The fraction of sp³-hybridized carbons (Fsp3) is 0.100. The van der Waals surface area contributed by atoms with Crippen molar-refractivity contribution in [2.24, 2.45) is 0 Å². The molecule has 3 rings (SSSR count). The molecule has 0 aromatic heterocycles. The Hall–Kier alpha value is -1.91. The summed E-state index contributed by atoms with van der Waals surface area (Å²) in [7, 11) is -3.32. The number of hydrogen-bond donors (Lipinski definition) is 0. The molecule has 1 unspecified atom stereocenters. The van der Waals surface area contributed by atoms with E-state index in [0.29, 0.717) is 4.90 Å². The van der Waals surface area contributed by atoms with Crippen molar-refractivity contribution in [1.82, 2.24) is 0 Å². The van der Waals surface area contributed by atoms with Crippen LogP contribution in [0.5, 0.6) is 0 Å². The van der Waals surface area contributed by atoms with Crippen LogP contribution in [-0.4, -0.2) is 14.2 Å². The van der Waals surface area contributed by atoms with Crippen molar-refractivity contribution in [3.63, 3.8) is 0 Å². The summed E-state index contributed by atoms with van der Waals surface area (Å²) in [4.78, 5) is 0.114. The first kappa shape index (κ1) is 16.9. The Morgan fingerprint density at radius 3 is 1.79 bits per heavy atom. The van der Waals surface area contributed by atoms with E-state index in [4.69, 9.17) is 0 Å². The lowest BCUT2D eigenvalue weighted by Gasteiger charge is -2.12. The summed E-state index contributed by atoms with van der Waals surface area (Å²) in [6.45, 7) is 0. The zero-order valence-electron chi connectivity index (χ0n) is 13.0. The molecule has 0 saturated carbocycles. The maximum atomic E-state index is 12.5. The monoisotopic (exact) mass is 400 g/mol. The van der Waals surface area contributed by atoms with Crippen LogP contribution in [0.3, 0.4) is 0 Å². The number of alkyl halides is 1. The zero-order chi connectivity index (χ0) is 17.0. The number of rotatable bonds is 5. The Bertz CT molecular complexity index is 889. The van der Waals surface area contributed by atoms with Gasteiger partial charge in [0, 0.05) is 0 Å². The molecule has 3 aromatic carbocycles. The quantitative estimate of drug-likeness (QED) is 0.547. The van der Waals surface area contributed by atoms with Crippen LogP contribution in [0.25, 0.3) is 11.1 Å². The molecule has 0 aliphatic carbocycles. The van der Waals surface area contributed by atoms with Gasteiger partial charge in [0.15, 0.2) is 9.84 Å². The van der Waals surface area contributed by atoms with Gasteiger partial charge in [-0.15, -0.1) is 0 Å². The van der Waals surface area contributed by atoms with Crippen molar-refractivity contribution in [3.05, 3.63) is 90.5 Å². The number of benzene rings is 3. The molecule has 0 N–H and O–H groups in total. The Morgan fingerprint density at radius 1 is 0.708 bits per heavy atom. The van der Waals surface area contributed by atoms with E-state index in [1.165, 1.54) is 0 Å². The van der Waals surface area contributed by atoms with Gasteiger partial charge >= 0.3 is 0 Å². The van der Waals surface area contributed by atoms with Crippen LogP contribution in [0.4, 0.5) is 0 Å². The first-order valence-corrected chi connectivity index (χ1v) is 10.2. The van der Waals surface area contributed by atoms with Crippen molar-refractivity contribution in [1.29, 1.82) is 0 Å². The summed E-state index contributed by atoms with van der Waals surface area (Å²) >= 11 is 3.52. The molecule has 0 aliphatic heterocycles. The highest BCUT2D eigenvalue weighted by atomic mass is 79.9. The number of halogens is 1.